The third-order valence-electron chi connectivity index (χ3n) is 3.90. The fraction of sp³-hybridized carbons (Fsp3) is 0.300. The van der Waals surface area contributed by atoms with Crippen LogP contribution in [0.15, 0.2) is 49.0 Å². The second-order valence-electron chi connectivity index (χ2n) is 6.25. The summed E-state index contributed by atoms with van der Waals surface area (Å²) in [5, 5.41) is 0. The maximum absolute atomic E-state index is 13.1. The minimum atomic E-state index is -2.68. The molecule has 0 bridgehead atoms. The Kier molecular flexibility index (Phi) is 4.88. The molecule has 0 aliphatic rings. The van der Waals surface area contributed by atoms with E-state index in [2.05, 4.69) is 36.6 Å². The van der Waals surface area contributed by atoms with Gasteiger partial charge in [0.25, 0.3) is 0 Å². The molecule has 2 aromatic rings. The van der Waals surface area contributed by atoms with Gasteiger partial charge >= 0.3 is 0 Å². The van der Waals surface area contributed by atoms with Crippen molar-refractivity contribution in [3.63, 3.8) is 0 Å². The van der Waals surface area contributed by atoms with Crippen LogP contribution in [0.5, 0.6) is 0 Å². The molecule has 0 fully saturated rings. The molecule has 0 atom stereocenters. The fourth-order valence-electron chi connectivity index (χ4n) is 2.57. The van der Waals surface area contributed by atoms with E-state index in [1.807, 2.05) is 26.1 Å². The van der Waals surface area contributed by atoms with E-state index in [0.29, 0.717) is 5.56 Å². The lowest BCUT2D eigenvalue weighted by Gasteiger charge is -2.23. The highest BCUT2D eigenvalue weighted by Crippen LogP contribution is 2.30. The van der Waals surface area contributed by atoms with Gasteiger partial charge in [0.15, 0.2) is 0 Å². The van der Waals surface area contributed by atoms with Gasteiger partial charge < -0.3 is 4.90 Å². The van der Waals surface area contributed by atoms with Crippen molar-refractivity contribution in [3.05, 3.63) is 65.7 Å². The van der Waals surface area contributed by atoms with Gasteiger partial charge in [-0.05, 0) is 55.7 Å². The number of aryl methyl sites for hydroxylation is 1. The van der Waals surface area contributed by atoms with Crippen molar-refractivity contribution in [2.45, 2.75) is 33.1 Å². The number of alkyl halides is 2. The standard InChI is InChI=1S/C20H23F2N/c1-14(2)17-9-6-15(3)19(12-17)23(5)18-10-7-16(8-11-18)13-20(4,21)22/h6-12H,1,13H2,2-5H3. The van der Waals surface area contributed by atoms with Gasteiger partial charge in [0.2, 0.25) is 5.92 Å². The number of benzene rings is 2. The predicted octanol–water partition coefficient (Wildman–Crippen LogP) is 5.99. The van der Waals surface area contributed by atoms with Crippen molar-refractivity contribution in [2.24, 2.45) is 0 Å². The Morgan fingerprint density at radius 3 is 2.26 bits per heavy atom. The van der Waals surface area contributed by atoms with Crippen molar-refractivity contribution in [2.75, 3.05) is 11.9 Å². The van der Waals surface area contributed by atoms with Crippen LogP contribution in [0.1, 0.15) is 30.5 Å². The number of hydrogen-bond donors (Lipinski definition) is 0. The predicted molar refractivity (Wildman–Crippen MR) is 94.7 cm³/mol. The second-order valence-corrected chi connectivity index (χ2v) is 6.25. The number of hydrogen-bond acceptors (Lipinski definition) is 1. The van der Waals surface area contributed by atoms with E-state index in [1.54, 1.807) is 12.1 Å². The first-order valence-electron chi connectivity index (χ1n) is 7.64. The van der Waals surface area contributed by atoms with E-state index >= 15 is 0 Å². The first-order chi connectivity index (χ1) is 10.7. The summed E-state index contributed by atoms with van der Waals surface area (Å²) in [6.45, 7) is 8.96. The lowest BCUT2D eigenvalue weighted by molar-refractivity contribution is 0.0226. The molecule has 122 valence electrons. The summed E-state index contributed by atoms with van der Waals surface area (Å²) in [4.78, 5) is 2.07. The Balaban J connectivity index is 2.28. The smallest absolute Gasteiger partial charge is 0.249 e. The number of anilines is 2. The zero-order valence-electron chi connectivity index (χ0n) is 14.2. The molecule has 0 aliphatic heterocycles. The van der Waals surface area contributed by atoms with Gasteiger partial charge in [0.1, 0.15) is 0 Å². The molecule has 0 aliphatic carbocycles. The van der Waals surface area contributed by atoms with E-state index in [9.17, 15) is 8.78 Å². The summed E-state index contributed by atoms with van der Waals surface area (Å²) in [5.74, 6) is -2.68. The Labute approximate surface area is 137 Å². The molecular formula is C20H23F2N. The molecule has 0 heterocycles. The molecular weight excluding hydrogens is 292 g/mol. The van der Waals surface area contributed by atoms with E-state index < -0.39 is 5.92 Å². The van der Waals surface area contributed by atoms with Crippen molar-refractivity contribution in [3.8, 4) is 0 Å². The molecule has 0 aromatic heterocycles. The lowest BCUT2D eigenvalue weighted by atomic mass is 10.0. The summed E-state index contributed by atoms with van der Waals surface area (Å²) < 4.78 is 26.2. The molecule has 2 rings (SSSR count). The molecule has 0 unspecified atom stereocenters. The molecule has 2 aromatic carbocycles. The minimum Gasteiger partial charge on any atom is -0.344 e. The van der Waals surface area contributed by atoms with Gasteiger partial charge in [-0.25, -0.2) is 8.78 Å². The molecule has 0 N–H and O–H groups in total. The molecule has 23 heavy (non-hydrogen) atoms. The Bertz CT molecular complexity index is 697. The number of rotatable bonds is 5. The maximum Gasteiger partial charge on any atom is 0.249 e. The van der Waals surface area contributed by atoms with Crippen LogP contribution >= 0.6 is 0 Å². The highest BCUT2D eigenvalue weighted by atomic mass is 19.3. The fourth-order valence-corrected chi connectivity index (χ4v) is 2.57. The van der Waals surface area contributed by atoms with Gasteiger partial charge in [0.05, 0.1) is 0 Å². The molecule has 0 amide bonds. The van der Waals surface area contributed by atoms with Crippen LogP contribution in [0.25, 0.3) is 5.57 Å². The third kappa shape index (κ3) is 4.41. The van der Waals surface area contributed by atoms with Crippen LogP contribution in [0.4, 0.5) is 20.2 Å². The largest absolute Gasteiger partial charge is 0.344 e. The van der Waals surface area contributed by atoms with Gasteiger partial charge in [-0.3, -0.25) is 0 Å². The number of allylic oxidation sites excluding steroid dienone is 1. The van der Waals surface area contributed by atoms with Gasteiger partial charge in [0, 0.05) is 24.8 Å². The topological polar surface area (TPSA) is 3.24 Å². The molecule has 0 spiro atoms. The average molecular weight is 315 g/mol. The van der Waals surface area contributed by atoms with Crippen molar-refractivity contribution < 1.29 is 8.78 Å². The molecule has 1 nitrogen and oxygen atoms in total. The normalized spacial score (nSPS) is 11.4. The van der Waals surface area contributed by atoms with Crippen LogP contribution in [0, 0.1) is 6.92 Å². The zero-order valence-corrected chi connectivity index (χ0v) is 14.2. The summed E-state index contributed by atoms with van der Waals surface area (Å²) in [6.07, 6.45) is -0.235. The average Bonchev–Trinajstić information content (AvgIpc) is 2.46. The first-order valence-corrected chi connectivity index (χ1v) is 7.64. The van der Waals surface area contributed by atoms with E-state index in [1.165, 1.54) is 0 Å². The zero-order chi connectivity index (χ0) is 17.2. The lowest BCUT2D eigenvalue weighted by Crippen LogP contribution is -2.14. The SMILES string of the molecule is C=C(C)c1ccc(C)c(N(C)c2ccc(CC(C)(F)F)cc2)c1. The van der Waals surface area contributed by atoms with Crippen LogP contribution in [-0.2, 0) is 6.42 Å². The number of nitrogens with zero attached hydrogens (tertiary/aromatic N) is 1. The summed E-state index contributed by atoms with van der Waals surface area (Å²) >= 11 is 0. The molecule has 0 saturated heterocycles. The van der Waals surface area contributed by atoms with E-state index in [-0.39, 0.29) is 6.42 Å². The van der Waals surface area contributed by atoms with Crippen LogP contribution in [0.2, 0.25) is 0 Å². The highest BCUT2D eigenvalue weighted by molar-refractivity contribution is 5.72. The Hall–Kier alpha value is -2.16. The van der Waals surface area contributed by atoms with Gasteiger partial charge in [-0.2, -0.15) is 0 Å². The van der Waals surface area contributed by atoms with Gasteiger partial charge in [-0.1, -0.05) is 36.4 Å². The van der Waals surface area contributed by atoms with Crippen LogP contribution in [-0.4, -0.2) is 13.0 Å². The Morgan fingerprint density at radius 2 is 1.74 bits per heavy atom. The van der Waals surface area contributed by atoms with Crippen LogP contribution < -0.4 is 4.90 Å². The van der Waals surface area contributed by atoms with Gasteiger partial charge in [-0.15, -0.1) is 0 Å². The van der Waals surface area contributed by atoms with E-state index in [0.717, 1.165) is 35.0 Å². The van der Waals surface area contributed by atoms with E-state index in [4.69, 9.17) is 0 Å². The van der Waals surface area contributed by atoms with Crippen molar-refractivity contribution in [1.82, 2.24) is 0 Å². The highest BCUT2D eigenvalue weighted by Gasteiger charge is 2.21. The molecule has 0 radical (unpaired) electrons. The summed E-state index contributed by atoms with van der Waals surface area (Å²) in [5.41, 5.74) is 5.96. The van der Waals surface area contributed by atoms with Crippen LogP contribution in [0.3, 0.4) is 0 Å². The summed E-state index contributed by atoms with van der Waals surface area (Å²) in [6, 6.07) is 13.5. The monoisotopic (exact) mass is 315 g/mol. The maximum atomic E-state index is 13.1. The molecule has 0 saturated carbocycles. The number of halogens is 2. The van der Waals surface area contributed by atoms with Crippen molar-refractivity contribution >= 4 is 16.9 Å². The summed E-state index contributed by atoms with van der Waals surface area (Å²) in [7, 11) is 1.98. The quantitative estimate of drug-likeness (QED) is 0.654. The first kappa shape index (κ1) is 17.2. The second kappa shape index (κ2) is 6.53. The Morgan fingerprint density at radius 1 is 1.13 bits per heavy atom. The third-order valence-corrected chi connectivity index (χ3v) is 3.90. The minimum absolute atomic E-state index is 0.235. The van der Waals surface area contributed by atoms with Crippen molar-refractivity contribution in [1.29, 1.82) is 0 Å². The molecule has 3 heteroatoms.